The zero-order valence-electron chi connectivity index (χ0n) is 11.9. The molecule has 0 aliphatic rings. The van der Waals surface area contributed by atoms with E-state index in [0.29, 0.717) is 27.8 Å². The van der Waals surface area contributed by atoms with Gasteiger partial charge in [0, 0.05) is 16.2 Å². The molecule has 0 atom stereocenters. The number of thioether (sulfide) groups is 1. The topological polar surface area (TPSA) is 55.1 Å². The molecule has 6 heteroatoms. The van der Waals surface area contributed by atoms with E-state index < -0.39 is 0 Å². The molecule has 112 valence electrons. The zero-order chi connectivity index (χ0) is 15.3. The molecule has 0 radical (unpaired) electrons. The number of hydrogen-bond acceptors (Lipinski definition) is 3. The Labute approximate surface area is 134 Å². The molecule has 0 aromatic heterocycles. The average Bonchev–Trinajstić information content (AvgIpc) is 2.28. The minimum absolute atomic E-state index is 0.0876. The van der Waals surface area contributed by atoms with Gasteiger partial charge in [0.05, 0.1) is 16.4 Å². The van der Waals surface area contributed by atoms with Crippen molar-refractivity contribution in [3.63, 3.8) is 0 Å². The molecule has 20 heavy (non-hydrogen) atoms. The number of anilines is 2. The lowest BCUT2D eigenvalue weighted by Gasteiger charge is -2.17. The summed E-state index contributed by atoms with van der Waals surface area (Å²) in [6.45, 7) is 6.48. The maximum absolute atomic E-state index is 11.9. The molecule has 0 saturated heterocycles. The number of carbonyl (C=O) groups is 1. The first-order chi connectivity index (χ1) is 9.19. The summed E-state index contributed by atoms with van der Waals surface area (Å²) in [5.74, 6) is 0.858. The van der Waals surface area contributed by atoms with Crippen LogP contribution in [-0.2, 0) is 4.79 Å². The van der Waals surface area contributed by atoms with Crippen LogP contribution in [0.15, 0.2) is 12.1 Å². The Morgan fingerprint density at radius 3 is 2.55 bits per heavy atom. The van der Waals surface area contributed by atoms with Gasteiger partial charge in [-0.1, -0.05) is 44.0 Å². The number of carbonyl (C=O) groups excluding carboxylic acids is 1. The molecule has 1 rings (SSSR count). The molecule has 0 saturated carbocycles. The highest BCUT2D eigenvalue weighted by Gasteiger charge is 2.12. The molecule has 0 aliphatic heterocycles. The first-order valence-electron chi connectivity index (χ1n) is 6.37. The van der Waals surface area contributed by atoms with Gasteiger partial charge < -0.3 is 11.1 Å². The summed E-state index contributed by atoms with van der Waals surface area (Å²) in [6.07, 6.45) is 1.26. The molecular formula is C14H20Cl2N2OS. The van der Waals surface area contributed by atoms with Crippen LogP contribution in [0.2, 0.25) is 10.0 Å². The highest BCUT2D eigenvalue weighted by atomic mass is 35.5. The molecule has 0 aliphatic carbocycles. The van der Waals surface area contributed by atoms with Crippen molar-refractivity contribution < 1.29 is 4.79 Å². The Bertz CT molecular complexity index is 464. The maximum Gasteiger partial charge on any atom is 0.224 e. The first kappa shape index (κ1) is 17.5. The van der Waals surface area contributed by atoms with Gasteiger partial charge in [0.15, 0.2) is 0 Å². The van der Waals surface area contributed by atoms with E-state index in [-0.39, 0.29) is 10.7 Å². The molecule has 1 aromatic rings. The molecular weight excluding hydrogens is 315 g/mol. The fourth-order valence-corrected chi connectivity index (χ4v) is 3.00. The minimum Gasteiger partial charge on any atom is -0.397 e. The van der Waals surface area contributed by atoms with Crippen molar-refractivity contribution in [3.8, 4) is 0 Å². The second-order valence-corrected chi connectivity index (χ2v) is 8.23. The Balaban J connectivity index is 2.47. The van der Waals surface area contributed by atoms with Gasteiger partial charge in [0.1, 0.15) is 0 Å². The van der Waals surface area contributed by atoms with Crippen LogP contribution in [-0.4, -0.2) is 16.4 Å². The predicted octanol–water partition coefficient (Wildman–Crippen LogP) is 4.83. The van der Waals surface area contributed by atoms with E-state index in [1.165, 1.54) is 0 Å². The van der Waals surface area contributed by atoms with Crippen molar-refractivity contribution >= 4 is 52.2 Å². The van der Waals surface area contributed by atoms with Gasteiger partial charge in [-0.2, -0.15) is 11.8 Å². The van der Waals surface area contributed by atoms with Gasteiger partial charge >= 0.3 is 0 Å². The monoisotopic (exact) mass is 334 g/mol. The summed E-state index contributed by atoms with van der Waals surface area (Å²) in [6, 6.07) is 3.13. The van der Waals surface area contributed by atoms with Crippen molar-refractivity contribution in [1.29, 1.82) is 0 Å². The second-order valence-electron chi connectivity index (χ2n) is 5.46. The molecule has 0 heterocycles. The number of nitrogen functional groups attached to an aromatic ring is 1. The van der Waals surface area contributed by atoms with E-state index in [9.17, 15) is 4.79 Å². The van der Waals surface area contributed by atoms with E-state index in [1.807, 2.05) is 11.8 Å². The summed E-state index contributed by atoms with van der Waals surface area (Å²) >= 11 is 13.7. The maximum atomic E-state index is 11.9. The molecule has 0 bridgehead atoms. The van der Waals surface area contributed by atoms with E-state index in [2.05, 4.69) is 26.1 Å². The highest BCUT2D eigenvalue weighted by Crippen LogP contribution is 2.32. The quantitative estimate of drug-likeness (QED) is 0.599. The van der Waals surface area contributed by atoms with Crippen molar-refractivity contribution in [2.75, 3.05) is 16.8 Å². The summed E-state index contributed by atoms with van der Waals surface area (Å²) in [4.78, 5) is 11.9. The molecule has 1 aromatic carbocycles. The lowest BCUT2D eigenvalue weighted by Crippen LogP contribution is -2.14. The van der Waals surface area contributed by atoms with E-state index in [1.54, 1.807) is 12.1 Å². The van der Waals surface area contributed by atoms with Crippen molar-refractivity contribution in [2.45, 2.75) is 38.4 Å². The average molecular weight is 335 g/mol. The highest BCUT2D eigenvalue weighted by molar-refractivity contribution is 8.00. The third-order valence-corrected chi connectivity index (χ3v) is 4.31. The smallest absolute Gasteiger partial charge is 0.224 e. The fourth-order valence-electron chi connectivity index (χ4n) is 1.54. The van der Waals surface area contributed by atoms with E-state index in [4.69, 9.17) is 28.9 Å². The van der Waals surface area contributed by atoms with Gasteiger partial charge in [-0.25, -0.2) is 0 Å². The van der Waals surface area contributed by atoms with Crippen LogP contribution in [0, 0.1) is 0 Å². The minimum atomic E-state index is -0.0876. The summed E-state index contributed by atoms with van der Waals surface area (Å²) in [5.41, 5.74) is 6.60. The van der Waals surface area contributed by atoms with Crippen molar-refractivity contribution in [2.24, 2.45) is 0 Å². The molecule has 3 N–H and O–H groups in total. The predicted molar refractivity (Wildman–Crippen MR) is 90.9 cm³/mol. The molecule has 0 spiro atoms. The van der Waals surface area contributed by atoms with Gasteiger partial charge in [-0.15, -0.1) is 0 Å². The van der Waals surface area contributed by atoms with Crippen LogP contribution in [0.5, 0.6) is 0 Å². The molecule has 3 nitrogen and oxygen atoms in total. The van der Waals surface area contributed by atoms with Gasteiger partial charge in [0.2, 0.25) is 5.91 Å². The SMILES string of the molecule is CC(C)(C)SCCCC(=O)Nc1c(N)cc(Cl)cc1Cl. The summed E-state index contributed by atoms with van der Waals surface area (Å²) in [5, 5.41) is 3.54. The third kappa shape index (κ3) is 6.25. The Hall–Kier alpha value is -0.580. The largest absolute Gasteiger partial charge is 0.397 e. The van der Waals surface area contributed by atoms with Crippen LogP contribution in [0.1, 0.15) is 33.6 Å². The number of nitrogens with one attached hydrogen (secondary N) is 1. The van der Waals surface area contributed by atoms with Crippen LogP contribution >= 0.6 is 35.0 Å². The van der Waals surface area contributed by atoms with Gasteiger partial charge in [-0.05, 0) is 24.3 Å². The van der Waals surface area contributed by atoms with E-state index >= 15 is 0 Å². The van der Waals surface area contributed by atoms with Crippen LogP contribution in [0.3, 0.4) is 0 Å². The fraction of sp³-hybridized carbons (Fsp3) is 0.500. The Kier molecular flexibility index (Phi) is 6.49. The van der Waals surface area contributed by atoms with Crippen molar-refractivity contribution in [1.82, 2.24) is 0 Å². The first-order valence-corrected chi connectivity index (χ1v) is 8.11. The molecule has 1 amide bonds. The van der Waals surface area contributed by atoms with Crippen LogP contribution in [0.4, 0.5) is 11.4 Å². The summed E-state index contributed by atoms with van der Waals surface area (Å²) < 4.78 is 0.223. The number of amides is 1. The molecule has 0 fully saturated rings. The van der Waals surface area contributed by atoms with Crippen molar-refractivity contribution in [3.05, 3.63) is 22.2 Å². The number of hydrogen-bond donors (Lipinski definition) is 2. The number of nitrogens with two attached hydrogens (primary N) is 1. The Morgan fingerprint density at radius 1 is 1.35 bits per heavy atom. The summed E-state index contributed by atoms with van der Waals surface area (Å²) in [7, 11) is 0. The number of halogens is 2. The van der Waals surface area contributed by atoms with Gasteiger partial charge in [0.25, 0.3) is 0 Å². The lowest BCUT2D eigenvalue weighted by atomic mass is 10.2. The van der Waals surface area contributed by atoms with Crippen LogP contribution in [0.25, 0.3) is 0 Å². The lowest BCUT2D eigenvalue weighted by molar-refractivity contribution is -0.116. The standard InChI is InChI=1S/C14H20Cl2N2OS/c1-14(2,3)20-6-4-5-12(19)18-13-10(16)7-9(15)8-11(13)17/h7-8H,4-6,17H2,1-3H3,(H,18,19). The zero-order valence-corrected chi connectivity index (χ0v) is 14.3. The molecule has 0 unspecified atom stereocenters. The number of rotatable bonds is 5. The number of benzene rings is 1. The third-order valence-electron chi connectivity index (χ3n) is 2.43. The second kappa shape index (κ2) is 7.43. The van der Waals surface area contributed by atoms with Crippen LogP contribution < -0.4 is 11.1 Å². The van der Waals surface area contributed by atoms with Gasteiger partial charge in [-0.3, -0.25) is 4.79 Å². The normalized spacial score (nSPS) is 11.4. The Morgan fingerprint density at radius 2 is 2.00 bits per heavy atom. The van der Waals surface area contributed by atoms with E-state index in [0.717, 1.165) is 12.2 Å².